The fourth-order valence-corrected chi connectivity index (χ4v) is 5.62. The first kappa shape index (κ1) is 21.0. The summed E-state index contributed by atoms with van der Waals surface area (Å²) in [5, 5.41) is 10.6. The first-order valence-electron chi connectivity index (χ1n) is 11.8. The molecule has 5 rings (SSSR count). The molecule has 2 aromatic carbocycles. The summed E-state index contributed by atoms with van der Waals surface area (Å²) in [6, 6.07) is 12.4. The molecule has 0 spiro atoms. The molecule has 1 aliphatic heterocycles. The van der Waals surface area contributed by atoms with Crippen LogP contribution >= 0.6 is 0 Å². The highest BCUT2D eigenvalue weighted by molar-refractivity contribution is 5.89. The van der Waals surface area contributed by atoms with Crippen LogP contribution in [-0.4, -0.2) is 27.5 Å². The molecule has 3 aromatic rings. The Morgan fingerprint density at radius 3 is 2.62 bits per heavy atom. The van der Waals surface area contributed by atoms with Crippen molar-refractivity contribution in [1.29, 1.82) is 0 Å². The van der Waals surface area contributed by atoms with Gasteiger partial charge in [0.15, 0.2) is 0 Å². The molecule has 0 amide bonds. The standard InChI is InChI=1S/C28H32N2O2/c1-3-4-23-15-18(2)27-24(11-13-29-27)25(23)17-30-14-12-22(19-5-6-19)16-26(30)20-7-9-21(10-8-20)28(31)32/h3-4,7-11,13,15,19,22,26,29H,5-6,12,14,16-17H2,1-2H3,(H,31,32)/b4-3+/t22-,26+/m1/s1. The number of carbonyl (C=O) groups is 1. The molecule has 2 atom stereocenters. The van der Waals surface area contributed by atoms with Crippen molar-refractivity contribution < 1.29 is 9.90 Å². The van der Waals surface area contributed by atoms with E-state index in [9.17, 15) is 9.90 Å². The number of hydrogen-bond acceptors (Lipinski definition) is 2. The van der Waals surface area contributed by atoms with Crippen molar-refractivity contribution in [3.8, 4) is 0 Å². The number of aromatic nitrogens is 1. The Hall–Kier alpha value is -2.85. The summed E-state index contributed by atoms with van der Waals surface area (Å²) >= 11 is 0. The van der Waals surface area contributed by atoms with Gasteiger partial charge in [0.05, 0.1) is 5.56 Å². The van der Waals surface area contributed by atoms with E-state index in [4.69, 9.17) is 0 Å². The molecule has 166 valence electrons. The monoisotopic (exact) mass is 428 g/mol. The lowest BCUT2D eigenvalue weighted by Crippen LogP contribution is -2.37. The zero-order valence-corrected chi connectivity index (χ0v) is 19.0. The van der Waals surface area contributed by atoms with Crippen LogP contribution < -0.4 is 0 Å². The number of piperidine rings is 1. The SMILES string of the molecule is C/C=C/c1cc(C)c2[nH]ccc2c1CN1CC[C@@H](C2CC2)C[C@H]1c1ccc(C(=O)O)cc1. The Labute approximate surface area is 190 Å². The Kier molecular flexibility index (Phi) is 5.64. The Morgan fingerprint density at radius 2 is 1.94 bits per heavy atom. The summed E-state index contributed by atoms with van der Waals surface area (Å²) in [5.74, 6) is 0.821. The minimum absolute atomic E-state index is 0.325. The Bertz CT molecular complexity index is 1150. The highest BCUT2D eigenvalue weighted by atomic mass is 16.4. The number of fused-ring (bicyclic) bond motifs is 1. The predicted octanol–water partition coefficient (Wildman–Crippen LogP) is 6.57. The van der Waals surface area contributed by atoms with Crippen LogP contribution in [0, 0.1) is 18.8 Å². The number of aromatic carboxylic acids is 1. The van der Waals surface area contributed by atoms with E-state index in [2.05, 4.69) is 48.0 Å². The summed E-state index contributed by atoms with van der Waals surface area (Å²) in [6.45, 7) is 6.23. The number of likely N-dealkylation sites (tertiary alicyclic amines) is 1. The number of nitrogens with zero attached hydrogens (tertiary/aromatic N) is 1. The number of aromatic amines is 1. The van der Waals surface area contributed by atoms with Gasteiger partial charge in [-0.05, 0) is 104 Å². The fourth-order valence-electron chi connectivity index (χ4n) is 5.62. The third kappa shape index (κ3) is 4.00. The van der Waals surface area contributed by atoms with Crippen LogP contribution in [0.5, 0.6) is 0 Å². The van der Waals surface area contributed by atoms with Gasteiger partial charge in [0.25, 0.3) is 0 Å². The van der Waals surface area contributed by atoms with E-state index in [0.29, 0.717) is 11.6 Å². The van der Waals surface area contributed by atoms with Crippen LogP contribution in [-0.2, 0) is 6.54 Å². The van der Waals surface area contributed by atoms with E-state index < -0.39 is 5.97 Å². The van der Waals surface area contributed by atoms with Crippen molar-refractivity contribution in [1.82, 2.24) is 9.88 Å². The number of hydrogen-bond donors (Lipinski definition) is 2. The summed E-state index contributed by atoms with van der Waals surface area (Å²) in [5.41, 5.74) is 6.77. The van der Waals surface area contributed by atoms with Gasteiger partial charge in [-0.3, -0.25) is 4.90 Å². The van der Waals surface area contributed by atoms with Gasteiger partial charge < -0.3 is 10.1 Å². The van der Waals surface area contributed by atoms with Crippen molar-refractivity contribution in [3.05, 3.63) is 76.5 Å². The zero-order valence-electron chi connectivity index (χ0n) is 19.0. The third-order valence-corrected chi connectivity index (χ3v) is 7.48. The number of rotatable bonds is 6. The minimum Gasteiger partial charge on any atom is -0.478 e. The van der Waals surface area contributed by atoms with Crippen LogP contribution in [0.2, 0.25) is 0 Å². The molecule has 0 bridgehead atoms. The predicted molar refractivity (Wildman–Crippen MR) is 130 cm³/mol. The zero-order chi connectivity index (χ0) is 22.2. The molecule has 2 N–H and O–H groups in total. The molecule has 0 unspecified atom stereocenters. The van der Waals surface area contributed by atoms with E-state index in [1.807, 2.05) is 18.3 Å². The van der Waals surface area contributed by atoms with Crippen molar-refractivity contribution in [2.24, 2.45) is 11.8 Å². The lowest BCUT2D eigenvalue weighted by molar-refractivity contribution is 0.0696. The molecule has 2 aliphatic rings. The van der Waals surface area contributed by atoms with Gasteiger partial charge in [-0.1, -0.05) is 24.3 Å². The number of carboxylic acid groups (broad SMARTS) is 1. The van der Waals surface area contributed by atoms with Crippen LogP contribution in [0.15, 0.2) is 48.7 Å². The molecule has 1 aliphatic carbocycles. The lowest BCUT2D eigenvalue weighted by Gasteiger charge is -2.40. The average Bonchev–Trinajstić information content (AvgIpc) is 3.52. The second kappa shape index (κ2) is 8.59. The number of nitrogens with one attached hydrogen (secondary N) is 1. The summed E-state index contributed by atoms with van der Waals surface area (Å²) in [6.07, 6.45) is 11.6. The number of H-pyrrole nitrogens is 1. The van der Waals surface area contributed by atoms with Crippen molar-refractivity contribution >= 4 is 22.9 Å². The molecule has 2 fully saturated rings. The third-order valence-electron chi connectivity index (χ3n) is 7.48. The maximum atomic E-state index is 11.3. The average molecular weight is 429 g/mol. The van der Waals surface area contributed by atoms with E-state index in [1.54, 1.807) is 12.1 Å². The second-order valence-corrected chi connectivity index (χ2v) is 9.56. The summed E-state index contributed by atoms with van der Waals surface area (Å²) < 4.78 is 0. The first-order chi connectivity index (χ1) is 15.5. The highest BCUT2D eigenvalue weighted by Gasteiger charge is 2.38. The van der Waals surface area contributed by atoms with Crippen molar-refractivity contribution in [2.45, 2.75) is 52.1 Å². The largest absolute Gasteiger partial charge is 0.478 e. The van der Waals surface area contributed by atoms with E-state index in [1.165, 1.54) is 52.4 Å². The normalized spacial score (nSPS) is 22.1. The molecule has 32 heavy (non-hydrogen) atoms. The topological polar surface area (TPSA) is 56.3 Å². The molecule has 1 saturated carbocycles. The minimum atomic E-state index is -0.863. The Morgan fingerprint density at radius 1 is 1.16 bits per heavy atom. The molecule has 4 heteroatoms. The van der Waals surface area contributed by atoms with Gasteiger partial charge in [-0.15, -0.1) is 0 Å². The van der Waals surface area contributed by atoms with Crippen LogP contribution in [0.3, 0.4) is 0 Å². The first-order valence-corrected chi connectivity index (χ1v) is 11.8. The quantitative estimate of drug-likeness (QED) is 0.467. The molecule has 2 heterocycles. The van der Waals surface area contributed by atoms with Gasteiger partial charge in [-0.25, -0.2) is 4.79 Å². The van der Waals surface area contributed by atoms with Crippen LogP contribution in [0.1, 0.15) is 71.3 Å². The summed E-state index contributed by atoms with van der Waals surface area (Å²) in [7, 11) is 0. The van der Waals surface area contributed by atoms with Crippen LogP contribution in [0.25, 0.3) is 17.0 Å². The molecule has 1 aromatic heterocycles. The molecule has 4 nitrogen and oxygen atoms in total. The van der Waals surface area contributed by atoms with Gasteiger partial charge >= 0.3 is 5.97 Å². The maximum absolute atomic E-state index is 11.3. The van der Waals surface area contributed by atoms with Gasteiger partial charge in [0.2, 0.25) is 0 Å². The number of allylic oxidation sites excluding steroid dienone is 1. The summed E-state index contributed by atoms with van der Waals surface area (Å²) in [4.78, 5) is 17.4. The van der Waals surface area contributed by atoms with Gasteiger partial charge in [-0.2, -0.15) is 0 Å². The van der Waals surface area contributed by atoms with Crippen LogP contribution in [0.4, 0.5) is 0 Å². The van der Waals surface area contributed by atoms with E-state index in [-0.39, 0.29) is 0 Å². The van der Waals surface area contributed by atoms with E-state index >= 15 is 0 Å². The van der Waals surface area contributed by atoms with Crippen molar-refractivity contribution in [3.63, 3.8) is 0 Å². The smallest absolute Gasteiger partial charge is 0.335 e. The molecule has 0 radical (unpaired) electrons. The highest BCUT2D eigenvalue weighted by Crippen LogP contribution is 2.47. The molecular weight excluding hydrogens is 396 g/mol. The Balaban J connectivity index is 1.51. The number of aryl methyl sites for hydroxylation is 1. The second-order valence-electron chi connectivity index (χ2n) is 9.56. The van der Waals surface area contributed by atoms with Gasteiger partial charge in [0.1, 0.15) is 0 Å². The van der Waals surface area contributed by atoms with Gasteiger partial charge in [0, 0.05) is 29.7 Å². The molecule has 1 saturated heterocycles. The molecular formula is C28H32N2O2. The number of benzene rings is 2. The van der Waals surface area contributed by atoms with Crippen molar-refractivity contribution in [2.75, 3.05) is 6.54 Å². The number of carboxylic acids is 1. The fraction of sp³-hybridized carbons (Fsp3) is 0.393. The van der Waals surface area contributed by atoms with E-state index in [0.717, 1.165) is 31.3 Å². The maximum Gasteiger partial charge on any atom is 0.335 e. The lowest BCUT2D eigenvalue weighted by atomic mass is 9.83.